The second-order valence-corrected chi connectivity index (χ2v) is 5.61. The van der Waals surface area contributed by atoms with Crippen LogP contribution in [0.25, 0.3) is 0 Å². The van der Waals surface area contributed by atoms with Crippen LogP contribution < -0.4 is 10.6 Å². The van der Waals surface area contributed by atoms with E-state index in [4.69, 9.17) is 4.74 Å². The first-order valence-corrected chi connectivity index (χ1v) is 6.77. The Kier molecular flexibility index (Phi) is 4.43. The second-order valence-electron chi connectivity index (χ2n) is 5.61. The summed E-state index contributed by atoms with van der Waals surface area (Å²) in [4.78, 5) is 11.8. The quantitative estimate of drug-likeness (QED) is 0.879. The van der Waals surface area contributed by atoms with Gasteiger partial charge in [0.1, 0.15) is 0 Å². The van der Waals surface area contributed by atoms with Crippen LogP contribution in [0.2, 0.25) is 0 Å². The van der Waals surface area contributed by atoms with Crippen molar-refractivity contribution in [1.29, 1.82) is 0 Å². The summed E-state index contributed by atoms with van der Waals surface area (Å²) in [6.45, 7) is 5.38. The lowest BCUT2D eigenvalue weighted by molar-refractivity contribution is -0.0611. The summed E-state index contributed by atoms with van der Waals surface area (Å²) in [6, 6.07) is 9.99. The maximum Gasteiger partial charge on any atom is 0.315 e. The van der Waals surface area contributed by atoms with E-state index in [1.54, 1.807) is 0 Å². The van der Waals surface area contributed by atoms with Crippen molar-refractivity contribution in [2.24, 2.45) is 0 Å². The van der Waals surface area contributed by atoms with Gasteiger partial charge < -0.3 is 15.4 Å². The summed E-state index contributed by atoms with van der Waals surface area (Å²) in [5, 5.41) is 5.90. The highest BCUT2D eigenvalue weighted by Crippen LogP contribution is 2.23. The highest BCUT2D eigenvalue weighted by Gasteiger charge is 2.29. The van der Waals surface area contributed by atoms with Gasteiger partial charge in [-0.1, -0.05) is 30.3 Å². The lowest BCUT2D eigenvalue weighted by Crippen LogP contribution is -2.48. The van der Waals surface area contributed by atoms with Gasteiger partial charge >= 0.3 is 6.03 Å². The van der Waals surface area contributed by atoms with Gasteiger partial charge in [-0.2, -0.15) is 0 Å². The predicted octanol–water partition coefficient (Wildman–Crippen LogP) is 2.44. The third-order valence-electron chi connectivity index (χ3n) is 3.33. The molecule has 1 aliphatic heterocycles. The van der Waals surface area contributed by atoms with Gasteiger partial charge in [-0.3, -0.25) is 0 Å². The summed E-state index contributed by atoms with van der Waals surface area (Å²) in [5.74, 6) is 0. The molecule has 4 nitrogen and oxygen atoms in total. The molecule has 0 aromatic heterocycles. The molecule has 1 fully saturated rings. The van der Waals surface area contributed by atoms with E-state index in [0.29, 0.717) is 13.2 Å². The van der Waals surface area contributed by atoms with E-state index in [-0.39, 0.29) is 17.7 Å². The number of carbonyl (C=O) groups excluding carboxylic acids is 1. The molecule has 1 aromatic carbocycles. The minimum atomic E-state index is -0.143. The van der Waals surface area contributed by atoms with Crippen molar-refractivity contribution in [3.63, 3.8) is 0 Å². The van der Waals surface area contributed by atoms with Crippen LogP contribution in [0.1, 0.15) is 32.3 Å². The molecule has 1 atom stereocenters. The predicted molar refractivity (Wildman–Crippen MR) is 74.9 cm³/mol. The maximum absolute atomic E-state index is 11.8. The fraction of sp³-hybridized carbons (Fsp3) is 0.533. The van der Waals surface area contributed by atoms with Crippen LogP contribution in [0, 0.1) is 0 Å². The Bertz CT molecular complexity index is 417. The summed E-state index contributed by atoms with van der Waals surface area (Å²) in [6.07, 6.45) is 1.73. The van der Waals surface area contributed by atoms with E-state index in [1.807, 2.05) is 30.3 Å². The van der Waals surface area contributed by atoms with Gasteiger partial charge in [0.25, 0.3) is 0 Å². The molecular weight excluding hydrogens is 240 g/mol. The molecule has 1 saturated heterocycles. The van der Waals surface area contributed by atoms with Gasteiger partial charge in [0.2, 0.25) is 0 Å². The van der Waals surface area contributed by atoms with Crippen molar-refractivity contribution in [2.45, 2.75) is 44.9 Å². The average molecular weight is 262 g/mol. The zero-order valence-corrected chi connectivity index (χ0v) is 11.6. The Morgan fingerprint density at radius 1 is 1.37 bits per heavy atom. The number of urea groups is 1. The first-order chi connectivity index (χ1) is 9.05. The van der Waals surface area contributed by atoms with Crippen molar-refractivity contribution in [1.82, 2.24) is 10.6 Å². The number of rotatable bonds is 3. The lowest BCUT2D eigenvalue weighted by atomic mass is 9.94. The second kappa shape index (κ2) is 6.06. The molecule has 0 radical (unpaired) electrons. The van der Waals surface area contributed by atoms with Crippen LogP contribution >= 0.6 is 0 Å². The molecule has 1 unspecified atom stereocenters. The van der Waals surface area contributed by atoms with Gasteiger partial charge in [0.15, 0.2) is 0 Å². The Morgan fingerprint density at radius 3 is 2.79 bits per heavy atom. The highest BCUT2D eigenvalue weighted by atomic mass is 16.5. The van der Waals surface area contributed by atoms with Crippen molar-refractivity contribution < 1.29 is 9.53 Å². The Hall–Kier alpha value is -1.55. The normalized spacial score (nSPS) is 21.7. The Balaban J connectivity index is 1.75. The van der Waals surface area contributed by atoms with E-state index in [0.717, 1.165) is 18.4 Å². The summed E-state index contributed by atoms with van der Waals surface area (Å²) >= 11 is 0. The van der Waals surface area contributed by atoms with E-state index in [2.05, 4.69) is 24.5 Å². The molecule has 104 valence electrons. The molecule has 0 spiro atoms. The van der Waals surface area contributed by atoms with Gasteiger partial charge in [-0.15, -0.1) is 0 Å². The topological polar surface area (TPSA) is 50.4 Å². The van der Waals surface area contributed by atoms with Crippen molar-refractivity contribution >= 4 is 6.03 Å². The molecule has 19 heavy (non-hydrogen) atoms. The van der Waals surface area contributed by atoms with Crippen LogP contribution in [0.15, 0.2) is 30.3 Å². The minimum absolute atomic E-state index is 0.105. The SMILES string of the molecule is CC1(C)CC(NC(=O)NCc2ccccc2)CCO1. The minimum Gasteiger partial charge on any atom is -0.375 e. The molecule has 1 heterocycles. The van der Waals surface area contributed by atoms with E-state index in [9.17, 15) is 4.79 Å². The largest absolute Gasteiger partial charge is 0.375 e. The monoisotopic (exact) mass is 262 g/mol. The van der Waals surface area contributed by atoms with E-state index in [1.165, 1.54) is 0 Å². The highest BCUT2D eigenvalue weighted by molar-refractivity contribution is 5.74. The molecule has 1 aromatic rings. The molecular formula is C15H22N2O2. The van der Waals surface area contributed by atoms with E-state index >= 15 is 0 Å². The molecule has 2 amide bonds. The van der Waals surface area contributed by atoms with Crippen molar-refractivity contribution in [3.8, 4) is 0 Å². The fourth-order valence-electron chi connectivity index (χ4n) is 2.37. The Labute approximate surface area is 114 Å². The summed E-state index contributed by atoms with van der Waals surface area (Å²) < 4.78 is 5.63. The van der Waals surface area contributed by atoms with Crippen LogP contribution in [0.4, 0.5) is 4.79 Å². The third-order valence-corrected chi connectivity index (χ3v) is 3.33. The number of benzene rings is 1. The molecule has 4 heteroatoms. The maximum atomic E-state index is 11.8. The van der Waals surface area contributed by atoms with Crippen LogP contribution in [0.3, 0.4) is 0 Å². The number of hydrogen-bond acceptors (Lipinski definition) is 2. The molecule has 0 saturated carbocycles. The number of carbonyl (C=O) groups is 1. The Morgan fingerprint density at radius 2 is 2.11 bits per heavy atom. The van der Waals surface area contributed by atoms with Crippen LogP contribution in [-0.2, 0) is 11.3 Å². The first-order valence-electron chi connectivity index (χ1n) is 6.77. The number of hydrogen-bond donors (Lipinski definition) is 2. The molecule has 0 aliphatic carbocycles. The third kappa shape index (κ3) is 4.56. The molecule has 2 N–H and O–H groups in total. The summed E-state index contributed by atoms with van der Waals surface area (Å²) in [5.41, 5.74) is 0.959. The zero-order chi connectivity index (χ0) is 13.7. The standard InChI is InChI=1S/C15H22N2O2/c1-15(2)10-13(8-9-19-15)17-14(18)16-11-12-6-4-3-5-7-12/h3-7,13H,8-11H2,1-2H3,(H2,16,17,18). The smallest absolute Gasteiger partial charge is 0.315 e. The van der Waals surface area contributed by atoms with Crippen molar-refractivity contribution in [2.75, 3.05) is 6.61 Å². The average Bonchev–Trinajstić information content (AvgIpc) is 2.36. The lowest BCUT2D eigenvalue weighted by Gasteiger charge is -2.35. The van der Waals surface area contributed by atoms with Gasteiger partial charge in [-0.25, -0.2) is 4.79 Å². The number of amides is 2. The summed E-state index contributed by atoms with van der Waals surface area (Å²) in [7, 11) is 0. The van der Waals surface area contributed by atoms with Gasteiger partial charge in [0, 0.05) is 19.2 Å². The van der Waals surface area contributed by atoms with Crippen LogP contribution in [0.5, 0.6) is 0 Å². The van der Waals surface area contributed by atoms with Crippen molar-refractivity contribution in [3.05, 3.63) is 35.9 Å². The molecule has 1 aliphatic rings. The number of ether oxygens (including phenoxy) is 1. The fourth-order valence-corrected chi connectivity index (χ4v) is 2.37. The van der Waals surface area contributed by atoms with Crippen LogP contribution in [-0.4, -0.2) is 24.3 Å². The van der Waals surface area contributed by atoms with Gasteiger partial charge in [0.05, 0.1) is 5.60 Å². The molecule has 2 rings (SSSR count). The number of nitrogens with one attached hydrogen (secondary N) is 2. The first kappa shape index (κ1) is 13.9. The molecule has 0 bridgehead atoms. The zero-order valence-electron chi connectivity index (χ0n) is 11.6. The van der Waals surface area contributed by atoms with E-state index < -0.39 is 0 Å². The van der Waals surface area contributed by atoms with Gasteiger partial charge in [-0.05, 0) is 32.3 Å².